The number of carbonyl (C=O) groups excluding carboxylic acids is 1. The number of thioether (sulfide) groups is 1. The summed E-state index contributed by atoms with van der Waals surface area (Å²) in [7, 11) is 0. The quantitative estimate of drug-likeness (QED) is 0.678. The number of aryl methyl sites for hydroxylation is 3. The minimum atomic E-state index is -0.0494. The van der Waals surface area contributed by atoms with Crippen LogP contribution in [0.15, 0.2) is 47.6 Å². The first-order valence-electron chi connectivity index (χ1n) is 8.34. The van der Waals surface area contributed by atoms with Gasteiger partial charge in [0.05, 0.1) is 11.4 Å². The number of nitrogens with zero attached hydrogens (tertiary/aromatic N) is 4. The Labute approximate surface area is 157 Å². The van der Waals surface area contributed by atoms with E-state index in [2.05, 4.69) is 20.8 Å². The van der Waals surface area contributed by atoms with E-state index in [4.69, 9.17) is 0 Å². The van der Waals surface area contributed by atoms with Gasteiger partial charge in [0.25, 0.3) is 0 Å². The number of para-hydroxylation sites is 1. The van der Waals surface area contributed by atoms with Gasteiger partial charge in [-0.2, -0.15) is 4.68 Å². The molecule has 7 heteroatoms. The summed E-state index contributed by atoms with van der Waals surface area (Å²) in [4.78, 5) is 12.2. The smallest absolute Gasteiger partial charge is 0.230 e. The summed E-state index contributed by atoms with van der Waals surface area (Å²) < 4.78 is 1.70. The topological polar surface area (TPSA) is 72.7 Å². The number of hydrogen-bond donors (Lipinski definition) is 1. The summed E-state index contributed by atoms with van der Waals surface area (Å²) in [6.07, 6.45) is 0. The third kappa shape index (κ3) is 4.29. The van der Waals surface area contributed by atoms with E-state index in [1.165, 1.54) is 17.3 Å². The largest absolute Gasteiger partial charge is 0.351 e. The maximum atomic E-state index is 12.2. The van der Waals surface area contributed by atoms with E-state index in [1.807, 2.05) is 63.2 Å². The normalized spacial score (nSPS) is 10.7. The summed E-state index contributed by atoms with van der Waals surface area (Å²) in [5.41, 5.74) is 5.41. The second-order valence-electron chi connectivity index (χ2n) is 6.16. The van der Waals surface area contributed by atoms with Crippen molar-refractivity contribution in [2.75, 3.05) is 5.75 Å². The molecule has 0 aliphatic heterocycles. The van der Waals surface area contributed by atoms with Crippen molar-refractivity contribution in [3.63, 3.8) is 0 Å². The lowest BCUT2D eigenvalue weighted by Gasteiger charge is -2.10. The first-order valence-corrected chi connectivity index (χ1v) is 9.33. The molecule has 0 aliphatic rings. The van der Waals surface area contributed by atoms with Crippen LogP contribution in [0, 0.1) is 20.8 Å². The van der Waals surface area contributed by atoms with E-state index in [0.29, 0.717) is 11.7 Å². The van der Waals surface area contributed by atoms with Crippen molar-refractivity contribution in [1.29, 1.82) is 0 Å². The molecule has 1 heterocycles. The summed E-state index contributed by atoms with van der Waals surface area (Å²) in [5, 5.41) is 15.5. The van der Waals surface area contributed by atoms with Crippen molar-refractivity contribution in [2.45, 2.75) is 32.5 Å². The van der Waals surface area contributed by atoms with Crippen molar-refractivity contribution < 1.29 is 4.79 Å². The van der Waals surface area contributed by atoms with Crippen LogP contribution in [0.3, 0.4) is 0 Å². The summed E-state index contributed by atoms with van der Waals surface area (Å²) in [6, 6.07) is 14.2. The Balaban J connectivity index is 1.61. The van der Waals surface area contributed by atoms with Gasteiger partial charge < -0.3 is 5.32 Å². The van der Waals surface area contributed by atoms with E-state index in [-0.39, 0.29) is 11.7 Å². The lowest BCUT2D eigenvalue weighted by molar-refractivity contribution is -0.118. The highest BCUT2D eigenvalue weighted by atomic mass is 32.2. The monoisotopic (exact) mass is 367 g/mol. The molecule has 0 unspecified atom stereocenters. The molecule has 0 atom stereocenters. The number of aromatic nitrogens is 4. The molecule has 26 heavy (non-hydrogen) atoms. The molecular weight excluding hydrogens is 346 g/mol. The number of hydrogen-bond acceptors (Lipinski definition) is 5. The molecule has 0 spiro atoms. The van der Waals surface area contributed by atoms with Gasteiger partial charge in [-0.05, 0) is 47.9 Å². The van der Waals surface area contributed by atoms with Gasteiger partial charge in [-0.25, -0.2) is 0 Å². The lowest BCUT2D eigenvalue weighted by Crippen LogP contribution is -2.24. The molecule has 1 N–H and O–H groups in total. The van der Waals surface area contributed by atoms with Gasteiger partial charge in [-0.15, -0.1) is 5.10 Å². The van der Waals surface area contributed by atoms with Gasteiger partial charge in [0.2, 0.25) is 11.1 Å². The lowest BCUT2D eigenvalue weighted by atomic mass is 10.1. The van der Waals surface area contributed by atoms with E-state index >= 15 is 0 Å². The molecule has 3 aromatic rings. The van der Waals surface area contributed by atoms with Crippen LogP contribution in [0.25, 0.3) is 5.69 Å². The van der Waals surface area contributed by atoms with Crippen molar-refractivity contribution >= 4 is 17.7 Å². The highest BCUT2D eigenvalue weighted by molar-refractivity contribution is 7.99. The SMILES string of the molecule is Cc1ccc(CNC(=O)CSc2nnnn2-c2c(C)cccc2C)cc1. The molecule has 0 radical (unpaired) electrons. The molecule has 0 aliphatic carbocycles. The molecular formula is C19H21N5OS. The number of amides is 1. The van der Waals surface area contributed by atoms with E-state index in [0.717, 1.165) is 22.4 Å². The third-order valence-corrected chi connectivity index (χ3v) is 4.95. The molecule has 0 saturated heterocycles. The number of rotatable bonds is 6. The molecule has 1 aromatic heterocycles. The van der Waals surface area contributed by atoms with Crippen LogP contribution in [0.5, 0.6) is 0 Å². The van der Waals surface area contributed by atoms with Crippen molar-refractivity contribution in [3.8, 4) is 5.69 Å². The number of benzene rings is 2. The zero-order chi connectivity index (χ0) is 18.5. The summed E-state index contributed by atoms with van der Waals surface area (Å²) in [6.45, 7) is 6.60. The second kappa shape index (κ2) is 8.14. The third-order valence-electron chi connectivity index (χ3n) is 4.03. The van der Waals surface area contributed by atoms with E-state index in [9.17, 15) is 4.79 Å². The Morgan fingerprint density at radius 1 is 1.08 bits per heavy atom. The van der Waals surface area contributed by atoms with Gasteiger partial charge in [0.1, 0.15) is 0 Å². The molecule has 134 valence electrons. The number of tetrazole rings is 1. The zero-order valence-corrected chi connectivity index (χ0v) is 15.9. The first-order chi connectivity index (χ1) is 12.5. The second-order valence-corrected chi connectivity index (χ2v) is 7.11. The van der Waals surface area contributed by atoms with Crippen LogP contribution in [0.4, 0.5) is 0 Å². The fourth-order valence-corrected chi connectivity index (χ4v) is 3.34. The predicted octanol–water partition coefficient (Wildman–Crippen LogP) is 3.00. The van der Waals surface area contributed by atoms with Crippen LogP contribution >= 0.6 is 11.8 Å². The summed E-state index contributed by atoms with van der Waals surface area (Å²) >= 11 is 1.33. The van der Waals surface area contributed by atoms with Gasteiger partial charge in [0, 0.05) is 6.54 Å². The standard InChI is InChI=1S/C19H21N5OS/c1-13-7-9-16(10-8-13)11-20-17(25)12-26-19-21-22-23-24(19)18-14(2)5-4-6-15(18)3/h4-10H,11-12H2,1-3H3,(H,20,25). The maximum Gasteiger partial charge on any atom is 0.230 e. The van der Waals surface area contributed by atoms with Crippen molar-refractivity contribution in [3.05, 3.63) is 64.7 Å². The van der Waals surface area contributed by atoms with Crippen LogP contribution in [-0.4, -0.2) is 31.9 Å². The maximum absolute atomic E-state index is 12.2. The van der Waals surface area contributed by atoms with Crippen LogP contribution < -0.4 is 5.32 Å². The molecule has 1 amide bonds. The highest BCUT2D eigenvalue weighted by Crippen LogP contribution is 2.23. The highest BCUT2D eigenvalue weighted by Gasteiger charge is 2.14. The molecule has 6 nitrogen and oxygen atoms in total. The van der Waals surface area contributed by atoms with Gasteiger partial charge in [0.15, 0.2) is 0 Å². The summed E-state index contributed by atoms with van der Waals surface area (Å²) in [5.74, 6) is 0.212. The Morgan fingerprint density at radius 2 is 1.77 bits per heavy atom. The van der Waals surface area contributed by atoms with Gasteiger partial charge in [-0.3, -0.25) is 4.79 Å². The molecule has 2 aromatic carbocycles. The number of carbonyl (C=O) groups is 1. The average molecular weight is 367 g/mol. The zero-order valence-electron chi connectivity index (χ0n) is 15.1. The van der Waals surface area contributed by atoms with Crippen LogP contribution in [0.1, 0.15) is 22.3 Å². The Morgan fingerprint density at radius 3 is 2.46 bits per heavy atom. The minimum Gasteiger partial charge on any atom is -0.351 e. The Hall–Kier alpha value is -2.67. The van der Waals surface area contributed by atoms with Gasteiger partial charge >= 0.3 is 0 Å². The van der Waals surface area contributed by atoms with Crippen molar-refractivity contribution in [2.24, 2.45) is 0 Å². The van der Waals surface area contributed by atoms with Crippen LogP contribution in [-0.2, 0) is 11.3 Å². The Kier molecular flexibility index (Phi) is 5.68. The van der Waals surface area contributed by atoms with E-state index in [1.54, 1.807) is 4.68 Å². The molecule has 0 bridgehead atoms. The van der Waals surface area contributed by atoms with Gasteiger partial charge in [-0.1, -0.05) is 59.8 Å². The molecule has 0 saturated carbocycles. The van der Waals surface area contributed by atoms with Crippen molar-refractivity contribution in [1.82, 2.24) is 25.5 Å². The van der Waals surface area contributed by atoms with E-state index < -0.39 is 0 Å². The predicted molar refractivity (Wildman–Crippen MR) is 102 cm³/mol. The average Bonchev–Trinajstić information content (AvgIpc) is 3.07. The van der Waals surface area contributed by atoms with Crippen LogP contribution in [0.2, 0.25) is 0 Å². The Bertz CT molecular complexity index is 884. The fraction of sp³-hybridized carbons (Fsp3) is 0.263. The number of nitrogens with one attached hydrogen (secondary N) is 1. The fourth-order valence-electron chi connectivity index (χ4n) is 2.64. The molecule has 0 fully saturated rings. The first kappa shape index (κ1) is 18.1. The molecule has 3 rings (SSSR count). The minimum absolute atomic E-state index is 0.0494.